The number of guanidine groups is 1. The minimum Gasteiger partial charge on any atom is -0.373 e. The third-order valence-electron chi connectivity index (χ3n) is 4.92. The molecule has 0 spiro atoms. The Kier molecular flexibility index (Phi) is 9.95. The minimum absolute atomic E-state index is 0. The zero-order valence-corrected chi connectivity index (χ0v) is 19.2. The highest BCUT2D eigenvalue weighted by Crippen LogP contribution is 2.24. The van der Waals surface area contributed by atoms with Crippen LogP contribution in [0.15, 0.2) is 48.0 Å². The lowest BCUT2D eigenvalue weighted by Gasteiger charge is -2.36. The Bertz CT molecular complexity index is 601. The van der Waals surface area contributed by atoms with Gasteiger partial charge in [0, 0.05) is 51.3 Å². The van der Waals surface area contributed by atoms with Gasteiger partial charge < -0.3 is 15.0 Å². The van der Waals surface area contributed by atoms with E-state index in [2.05, 4.69) is 57.0 Å². The second kappa shape index (κ2) is 11.9. The van der Waals surface area contributed by atoms with Gasteiger partial charge in [-0.15, -0.1) is 30.6 Å². The van der Waals surface area contributed by atoms with E-state index in [1.807, 2.05) is 24.9 Å². The lowest BCUT2D eigenvalue weighted by Crippen LogP contribution is -2.50. The molecule has 0 saturated carbocycles. The van der Waals surface area contributed by atoms with Crippen LogP contribution in [0, 0.1) is 0 Å². The number of hydrogen-bond donors (Lipinski definition) is 1. The largest absolute Gasteiger partial charge is 0.373 e. The van der Waals surface area contributed by atoms with Crippen molar-refractivity contribution in [1.29, 1.82) is 0 Å². The molecular weight excluding hydrogens is 471 g/mol. The molecule has 2 unspecified atom stereocenters. The smallest absolute Gasteiger partial charge is 0.193 e. The molecule has 1 N–H and O–H groups in total. The van der Waals surface area contributed by atoms with Crippen LogP contribution in [0.3, 0.4) is 0 Å². The number of nitrogens with one attached hydrogen (secondary N) is 1. The summed E-state index contributed by atoms with van der Waals surface area (Å²) >= 11 is 1.88. The highest BCUT2D eigenvalue weighted by Gasteiger charge is 2.41. The van der Waals surface area contributed by atoms with Crippen LogP contribution in [0.25, 0.3) is 0 Å². The highest BCUT2D eigenvalue weighted by molar-refractivity contribution is 14.0. The van der Waals surface area contributed by atoms with Gasteiger partial charge in [-0.3, -0.25) is 9.89 Å². The van der Waals surface area contributed by atoms with E-state index < -0.39 is 0 Å². The Morgan fingerprint density at radius 3 is 2.93 bits per heavy atom. The molecule has 1 aromatic rings. The van der Waals surface area contributed by atoms with E-state index in [1.54, 1.807) is 0 Å². The molecule has 0 amide bonds. The van der Waals surface area contributed by atoms with Gasteiger partial charge in [0.1, 0.15) is 0 Å². The molecule has 3 rings (SSSR count). The van der Waals surface area contributed by atoms with Crippen molar-refractivity contribution in [2.24, 2.45) is 4.99 Å². The minimum atomic E-state index is 0. The van der Waals surface area contributed by atoms with E-state index in [0.717, 1.165) is 56.8 Å². The summed E-state index contributed by atoms with van der Waals surface area (Å²) in [7, 11) is 1.86. The first kappa shape index (κ1) is 22.5. The molecule has 0 aromatic heterocycles. The SMILES string of the molecule is C=CCSCCNC(=NC)N1CC2OCCN(Cc3ccccc3)C2C1.I. The van der Waals surface area contributed by atoms with Gasteiger partial charge in [-0.05, 0) is 5.56 Å². The van der Waals surface area contributed by atoms with Gasteiger partial charge in [0.25, 0.3) is 0 Å². The van der Waals surface area contributed by atoms with Gasteiger partial charge in [0.05, 0.1) is 18.8 Å². The maximum atomic E-state index is 6.07. The van der Waals surface area contributed by atoms with Crippen LogP contribution in [0.2, 0.25) is 0 Å². The van der Waals surface area contributed by atoms with Crippen LogP contribution in [-0.4, -0.2) is 79.2 Å². The van der Waals surface area contributed by atoms with Crippen molar-refractivity contribution in [3.05, 3.63) is 48.6 Å². The summed E-state index contributed by atoms with van der Waals surface area (Å²) < 4.78 is 6.07. The summed E-state index contributed by atoms with van der Waals surface area (Å²) in [6.07, 6.45) is 2.21. The van der Waals surface area contributed by atoms with Crippen molar-refractivity contribution in [3.63, 3.8) is 0 Å². The van der Waals surface area contributed by atoms with E-state index in [9.17, 15) is 0 Å². The van der Waals surface area contributed by atoms with Crippen molar-refractivity contribution in [2.75, 3.05) is 51.3 Å². The summed E-state index contributed by atoms with van der Waals surface area (Å²) in [4.78, 5) is 9.39. The van der Waals surface area contributed by atoms with Crippen LogP contribution in [0.5, 0.6) is 0 Å². The number of rotatable bonds is 7. The van der Waals surface area contributed by atoms with Crippen molar-refractivity contribution in [1.82, 2.24) is 15.1 Å². The highest BCUT2D eigenvalue weighted by atomic mass is 127. The molecule has 7 heteroatoms. The maximum absolute atomic E-state index is 6.07. The monoisotopic (exact) mass is 502 g/mol. The molecular formula is C20H31IN4OS. The number of ether oxygens (including phenoxy) is 1. The first-order chi connectivity index (χ1) is 12.8. The van der Waals surface area contributed by atoms with Crippen LogP contribution in [-0.2, 0) is 11.3 Å². The number of halogens is 1. The van der Waals surface area contributed by atoms with Crippen molar-refractivity contribution < 1.29 is 4.74 Å². The molecule has 2 heterocycles. The predicted molar refractivity (Wildman–Crippen MR) is 126 cm³/mol. The zero-order chi connectivity index (χ0) is 18.2. The van der Waals surface area contributed by atoms with Gasteiger partial charge in [-0.2, -0.15) is 11.8 Å². The van der Waals surface area contributed by atoms with E-state index in [0.29, 0.717) is 6.04 Å². The molecule has 2 aliphatic rings. The number of likely N-dealkylation sites (tertiary alicyclic amines) is 1. The Labute approximate surface area is 184 Å². The third kappa shape index (κ3) is 6.37. The Morgan fingerprint density at radius 1 is 1.37 bits per heavy atom. The van der Waals surface area contributed by atoms with E-state index in [1.165, 1.54) is 5.56 Å². The Balaban J connectivity index is 0.00000261. The number of morpholine rings is 1. The van der Waals surface area contributed by atoms with Gasteiger partial charge >= 0.3 is 0 Å². The van der Waals surface area contributed by atoms with Crippen LogP contribution in [0.4, 0.5) is 0 Å². The molecule has 2 fully saturated rings. The number of nitrogens with zero attached hydrogens (tertiary/aromatic N) is 3. The molecule has 1 aromatic carbocycles. The fourth-order valence-corrected chi connectivity index (χ4v) is 4.26. The molecule has 0 bridgehead atoms. The zero-order valence-electron chi connectivity index (χ0n) is 16.0. The topological polar surface area (TPSA) is 40.1 Å². The first-order valence-electron chi connectivity index (χ1n) is 9.35. The molecule has 2 atom stereocenters. The summed E-state index contributed by atoms with van der Waals surface area (Å²) in [5.41, 5.74) is 1.37. The summed E-state index contributed by atoms with van der Waals surface area (Å²) in [5.74, 6) is 3.04. The average molecular weight is 502 g/mol. The molecule has 0 radical (unpaired) electrons. The van der Waals surface area contributed by atoms with Gasteiger partial charge in [-0.1, -0.05) is 36.4 Å². The molecule has 5 nitrogen and oxygen atoms in total. The predicted octanol–water partition coefficient (Wildman–Crippen LogP) is 2.68. The van der Waals surface area contributed by atoms with E-state index >= 15 is 0 Å². The molecule has 0 aliphatic carbocycles. The normalized spacial score (nSPS) is 22.9. The summed E-state index contributed by atoms with van der Waals surface area (Å²) in [6, 6.07) is 11.1. The number of benzene rings is 1. The number of fused-ring (bicyclic) bond motifs is 1. The lowest BCUT2D eigenvalue weighted by molar-refractivity contribution is -0.0502. The summed E-state index contributed by atoms with van der Waals surface area (Å²) in [6.45, 7) is 9.36. The van der Waals surface area contributed by atoms with Gasteiger partial charge in [0.2, 0.25) is 0 Å². The number of hydrogen-bond acceptors (Lipinski definition) is 4. The molecule has 150 valence electrons. The summed E-state index contributed by atoms with van der Waals surface area (Å²) in [5, 5.41) is 3.49. The standard InChI is InChI=1S/C20H30N4OS.HI/c1-3-12-26-13-9-22-20(21-2)24-15-18-19(16-24)25-11-10-23(18)14-17-7-5-4-6-8-17;/h3-8,18-19H,1,9-16H2,2H3,(H,21,22);1H. The molecule has 27 heavy (non-hydrogen) atoms. The van der Waals surface area contributed by atoms with Gasteiger partial charge in [-0.25, -0.2) is 0 Å². The second-order valence-electron chi connectivity index (χ2n) is 6.68. The Morgan fingerprint density at radius 2 is 2.19 bits per heavy atom. The molecule has 2 aliphatic heterocycles. The van der Waals surface area contributed by atoms with Crippen molar-refractivity contribution in [2.45, 2.75) is 18.7 Å². The first-order valence-corrected chi connectivity index (χ1v) is 10.5. The van der Waals surface area contributed by atoms with Crippen LogP contribution in [0.1, 0.15) is 5.56 Å². The van der Waals surface area contributed by atoms with E-state index in [4.69, 9.17) is 4.74 Å². The van der Waals surface area contributed by atoms with Crippen LogP contribution >= 0.6 is 35.7 Å². The maximum Gasteiger partial charge on any atom is 0.193 e. The second-order valence-corrected chi connectivity index (χ2v) is 7.83. The number of aliphatic imine (C=N–C) groups is 1. The lowest BCUT2D eigenvalue weighted by atomic mass is 10.1. The van der Waals surface area contributed by atoms with Crippen LogP contribution < -0.4 is 5.32 Å². The van der Waals surface area contributed by atoms with Crippen molar-refractivity contribution in [3.8, 4) is 0 Å². The van der Waals surface area contributed by atoms with Gasteiger partial charge in [0.15, 0.2) is 5.96 Å². The quantitative estimate of drug-likeness (QED) is 0.204. The number of thioether (sulfide) groups is 1. The third-order valence-corrected chi connectivity index (χ3v) is 5.89. The van der Waals surface area contributed by atoms with Crippen molar-refractivity contribution >= 4 is 41.7 Å². The molecule has 2 saturated heterocycles. The Hall–Kier alpha value is -0.770. The fraction of sp³-hybridized carbons (Fsp3) is 0.550. The van der Waals surface area contributed by atoms with E-state index in [-0.39, 0.29) is 30.1 Å². The average Bonchev–Trinajstić information content (AvgIpc) is 3.11. The fourth-order valence-electron chi connectivity index (χ4n) is 3.68.